The molecule has 0 bridgehead atoms. The maximum Gasteiger partial charge on any atom is 0.254 e. The van der Waals surface area contributed by atoms with Gasteiger partial charge >= 0.3 is 0 Å². The summed E-state index contributed by atoms with van der Waals surface area (Å²) in [6.07, 6.45) is 2.14. The standard InChI is InChI=1S/C13H19NO2S/c1-13(2,16-3)12(15)14-8-4-6-10(14)11-7-5-9-17-11/h5,7,9-10H,4,6,8H2,1-3H3. The number of rotatable bonds is 3. The topological polar surface area (TPSA) is 29.5 Å². The number of hydrogen-bond acceptors (Lipinski definition) is 3. The van der Waals surface area contributed by atoms with Crippen LogP contribution in [-0.4, -0.2) is 30.1 Å². The molecular formula is C13H19NO2S. The predicted molar refractivity (Wildman–Crippen MR) is 69.1 cm³/mol. The molecule has 4 heteroatoms. The van der Waals surface area contributed by atoms with Crippen LogP contribution in [0.25, 0.3) is 0 Å². The minimum atomic E-state index is -0.722. The van der Waals surface area contributed by atoms with E-state index >= 15 is 0 Å². The van der Waals surface area contributed by atoms with Crippen molar-refractivity contribution in [3.63, 3.8) is 0 Å². The number of thiophene rings is 1. The fourth-order valence-electron chi connectivity index (χ4n) is 2.22. The van der Waals surface area contributed by atoms with Gasteiger partial charge in [-0.1, -0.05) is 6.07 Å². The van der Waals surface area contributed by atoms with Gasteiger partial charge in [-0.05, 0) is 38.1 Å². The average molecular weight is 253 g/mol. The summed E-state index contributed by atoms with van der Waals surface area (Å²) in [7, 11) is 1.59. The van der Waals surface area contributed by atoms with E-state index in [2.05, 4.69) is 11.4 Å². The van der Waals surface area contributed by atoms with Crippen molar-refractivity contribution in [2.45, 2.75) is 38.3 Å². The Labute approximate surface area is 106 Å². The second-order valence-corrected chi connectivity index (χ2v) is 5.87. The van der Waals surface area contributed by atoms with Crippen LogP contribution in [0.1, 0.15) is 37.6 Å². The normalized spacial score (nSPS) is 20.9. The zero-order valence-corrected chi connectivity index (χ0v) is 11.4. The second-order valence-electron chi connectivity index (χ2n) is 4.89. The second kappa shape index (κ2) is 4.78. The van der Waals surface area contributed by atoms with Gasteiger partial charge in [0, 0.05) is 18.5 Å². The summed E-state index contributed by atoms with van der Waals surface area (Å²) >= 11 is 1.72. The molecule has 1 amide bonds. The molecular weight excluding hydrogens is 234 g/mol. The van der Waals surface area contributed by atoms with Gasteiger partial charge in [-0.15, -0.1) is 11.3 Å². The highest BCUT2D eigenvalue weighted by molar-refractivity contribution is 7.10. The number of amides is 1. The quantitative estimate of drug-likeness (QED) is 0.829. The van der Waals surface area contributed by atoms with Gasteiger partial charge in [-0.25, -0.2) is 0 Å². The van der Waals surface area contributed by atoms with Crippen molar-refractivity contribution in [3.05, 3.63) is 22.4 Å². The van der Waals surface area contributed by atoms with Crippen molar-refractivity contribution >= 4 is 17.2 Å². The predicted octanol–water partition coefficient (Wildman–Crippen LogP) is 2.84. The zero-order chi connectivity index (χ0) is 12.5. The third kappa shape index (κ3) is 2.38. The Morgan fingerprint density at radius 3 is 2.94 bits per heavy atom. The molecule has 1 aliphatic rings. The monoisotopic (exact) mass is 253 g/mol. The number of carbonyl (C=O) groups is 1. The van der Waals surface area contributed by atoms with E-state index in [9.17, 15) is 4.79 Å². The lowest BCUT2D eigenvalue weighted by Gasteiger charge is -2.31. The minimum Gasteiger partial charge on any atom is -0.369 e. The van der Waals surface area contributed by atoms with Gasteiger partial charge in [0.1, 0.15) is 5.60 Å². The Hall–Kier alpha value is -0.870. The molecule has 1 unspecified atom stereocenters. The molecule has 1 fully saturated rings. The average Bonchev–Trinajstić information content (AvgIpc) is 2.97. The Bertz CT molecular complexity index is 386. The molecule has 94 valence electrons. The lowest BCUT2D eigenvalue weighted by atomic mass is 10.1. The van der Waals surface area contributed by atoms with Crippen LogP contribution in [0.3, 0.4) is 0 Å². The third-order valence-corrected chi connectivity index (χ3v) is 4.38. The van der Waals surface area contributed by atoms with Gasteiger partial charge in [0.15, 0.2) is 0 Å². The van der Waals surface area contributed by atoms with Crippen LogP contribution < -0.4 is 0 Å². The van der Waals surface area contributed by atoms with Crippen molar-refractivity contribution in [1.29, 1.82) is 0 Å². The van der Waals surface area contributed by atoms with E-state index < -0.39 is 5.60 Å². The highest BCUT2D eigenvalue weighted by Gasteiger charge is 2.38. The number of likely N-dealkylation sites (tertiary alicyclic amines) is 1. The molecule has 0 aromatic carbocycles. The lowest BCUT2D eigenvalue weighted by molar-refractivity contribution is -0.152. The molecule has 1 aromatic rings. The minimum absolute atomic E-state index is 0.0934. The SMILES string of the molecule is COC(C)(C)C(=O)N1CCCC1c1cccs1. The summed E-state index contributed by atoms with van der Waals surface area (Å²) in [6, 6.07) is 4.40. The van der Waals surface area contributed by atoms with Crippen LogP contribution in [0.5, 0.6) is 0 Å². The summed E-state index contributed by atoms with van der Waals surface area (Å²) in [4.78, 5) is 15.7. The Kier molecular flexibility index (Phi) is 3.54. The number of carbonyl (C=O) groups excluding carboxylic acids is 1. The fourth-order valence-corrected chi connectivity index (χ4v) is 3.09. The number of methoxy groups -OCH3 is 1. The molecule has 2 rings (SSSR count). The first kappa shape index (κ1) is 12.6. The molecule has 1 aliphatic heterocycles. The lowest BCUT2D eigenvalue weighted by Crippen LogP contribution is -2.45. The van der Waals surface area contributed by atoms with Gasteiger partial charge in [0.2, 0.25) is 0 Å². The molecule has 0 spiro atoms. The van der Waals surface area contributed by atoms with Crippen LogP contribution in [0.2, 0.25) is 0 Å². The van der Waals surface area contributed by atoms with Gasteiger partial charge in [-0.2, -0.15) is 0 Å². The maximum atomic E-state index is 12.4. The van der Waals surface area contributed by atoms with E-state index in [0.29, 0.717) is 0 Å². The molecule has 0 aliphatic carbocycles. The van der Waals surface area contributed by atoms with E-state index in [4.69, 9.17) is 4.74 Å². The first-order chi connectivity index (χ1) is 8.06. The smallest absolute Gasteiger partial charge is 0.254 e. The van der Waals surface area contributed by atoms with Gasteiger partial charge in [-0.3, -0.25) is 4.79 Å². The highest BCUT2D eigenvalue weighted by Crippen LogP contribution is 2.36. The molecule has 2 heterocycles. The summed E-state index contributed by atoms with van der Waals surface area (Å²) in [5, 5.41) is 2.07. The number of nitrogens with zero attached hydrogens (tertiary/aromatic N) is 1. The van der Waals surface area contributed by atoms with Crippen LogP contribution >= 0.6 is 11.3 Å². The van der Waals surface area contributed by atoms with Crippen molar-refractivity contribution in [3.8, 4) is 0 Å². The summed E-state index contributed by atoms with van der Waals surface area (Å²) < 4.78 is 5.29. The van der Waals surface area contributed by atoms with E-state index in [0.717, 1.165) is 19.4 Å². The Balaban J connectivity index is 2.18. The molecule has 1 aromatic heterocycles. The highest BCUT2D eigenvalue weighted by atomic mass is 32.1. The molecule has 3 nitrogen and oxygen atoms in total. The first-order valence-electron chi connectivity index (χ1n) is 5.96. The Morgan fingerprint density at radius 1 is 1.59 bits per heavy atom. The maximum absolute atomic E-state index is 12.4. The van der Waals surface area contributed by atoms with Crippen LogP contribution in [0, 0.1) is 0 Å². The largest absolute Gasteiger partial charge is 0.369 e. The molecule has 1 saturated heterocycles. The van der Waals surface area contributed by atoms with Gasteiger partial charge in [0.25, 0.3) is 5.91 Å². The van der Waals surface area contributed by atoms with Crippen molar-refractivity contribution < 1.29 is 9.53 Å². The number of hydrogen-bond donors (Lipinski definition) is 0. The van der Waals surface area contributed by atoms with Gasteiger partial charge in [0.05, 0.1) is 6.04 Å². The summed E-state index contributed by atoms with van der Waals surface area (Å²) in [5.74, 6) is 0.0934. The van der Waals surface area contributed by atoms with Crippen molar-refractivity contribution in [2.24, 2.45) is 0 Å². The van der Waals surface area contributed by atoms with Crippen molar-refractivity contribution in [2.75, 3.05) is 13.7 Å². The van der Waals surface area contributed by atoms with E-state index in [1.54, 1.807) is 18.4 Å². The van der Waals surface area contributed by atoms with Gasteiger partial charge < -0.3 is 9.64 Å². The van der Waals surface area contributed by atoms with E-state index in [1.807, 2.05) is 24.8 Å². The molecule has 17 heavy (non-hydrogen) atoms. The summed E-state index contributed by atoms with van der Waals surface area (Å²) in [5.41, 5.74) is -0.722. The van der Waals surface area contributed by atoms with E-state index in [1.165, 1.54) is 4.88 Å². The zero-order valence-electron chi connectivity index (χ0n) is 10.6. The first-order valence-corrected chi connectivity index (χ1v) is 6.84. The molecule has 0 saturated carbocycles. The van der Waals surface area contributed by atoms with Crippen LogP contribution in [0.4, 0.5) is 0 Å². The summed E-state index contributed by atoms with van der Waals surface area (Å²) in [6.45, 7) is 4.51. The van der Waals surface area contributed by atoms with E-state index in [-0.39, 0.29) is 11.9 Å². The number of ether oxygens (including phenoxy) is 1. The van der Waals surface area contributed by atoms with Crippen LogP contribution in [-0.2, 0) is 9.53 Å². The Morgan fingerprint density at radius 2 is 2.35 bits per heavy atom. The van der Waals surface area contributed by atoms with Crippen molar-refractivity contribution in [1.82, 2.24) is 4.90 Å². The third-order valence-electron chi connectivity index (χ3n) is 3.41. The molecule has 0 N–H and O–H groups in total. The van der Waals surface area contributed by atoms with Crippen LogP contribution in [0.15, 0.2) is 17.5 Å². The fraction of sp³-hybridized carbons (Fsp3) is 0.615. The molecule has 1 atom stereocenters. The molecule has 0 radical (unpaired) electrons.